The van der Waals surface area contributed by atoms with Crippen LogP contribution in [0, 0.1) is 11.3 Å². The molecule has 1 aromatic heterocycles. The summed E-state index contributed by atoms with van der Waals surface area (Å²) in [6, 6.07) is 8.82. The predicted molar refractivity (Wildman–Crippen MR) is 127 cm³/mol. The number of carbonyl (C=O) groups is 2. The topological polar surface area (TPSA) is 125 Å². The largest absolute Gasteiger partial charge is 0.484 e. The summed E-state index contributed by atoms with van der Waals surface area (Å²) in [5.41, 5.74) is 5.83. The van der Waals surface area contributed by atoms with Gasteiger partial charge in [-0.1, -0.05) is 28.9 Å². The Morgan fingerprint density at radius 1 is 1.21 bits per heavy atom. The Labute approximate surface area is 195 Å². The van der Waals surface area contributed by atoms with Gasteiger partial charge in [-0.15, -0.1) is 0 Å². The van der Waals surface area contributed by atoms with Crippen molar-refractivity contribution in [1.29, 1.82) is 5.26 Å². The van der Waals surface area contributed by atoms with E-state index in [9.17, 15) is 19.6 Å². The number of likely N-dealkylation sites (N-methyl/N-ethyl adjacent to an activating group) is 2. The first-order valence-electron chi connectivity index (χ1n) is 10.3. The number of nitrogens with zero attached hydrogens (tertiary/aromatic N) is 2. The number of rotatable bonds is 9. The zero-order valence-electron chi connectivity index (χ0n) is 18.7. The minimum absolute atomic E-state index is 0.0846. The van der Waals surface area contributed by atoms with Gasteiger partial charge in [0.2, 0.25) is 0 Å². The van der Waals surface area contributed by atoms with E-state index in [1.165, 1.54) is 10.8 Å². The van der Waals surface area contributed by atoms with E-state index >= 15 is 0 Å². The van der Waals surface area contributed by atoms with Crippen molar-refractivity contribution < 1.29 is 14.3 Å². The quantitative estimate of drug-likeness (QED) is 0.363. The number of ether oxygens (including phenoxy) is 1. The lowest BCUT2D eigenvalue weighted by atomic mass is 10.3. The van der Waals surface area contributed by atoms with Crippen molar-refractivity contribution in [3.63, 3.8) is 0 Å². The average molecular weight is 468 g/mol. The van der Waals surface area contributed by atoms with E-state index in [-0.39, 0.29) is 23.6 Å². The summed E-state index contributed by atoms with van der Waals surface area (Å²) in [7, 11) is 0. The molecule has 0 bridgehead atoms. The summed E-state index contributed by atoms with van der Waals surface area (Å²) in [6.45, 7) is 6.54. The van der Waals surface area contributed by atoms with E-state index in [4.69, 9.17) is 4.74 Å². The first kappa shape index (κ1) is 25.2. The number of hydrogen-bond acceptors (Lipinski definition) is 7. The normalized spacial score (nSPS) is 9.64. The monoisotopic (exact) mass is 467 g/mol. The maximum absolute atomic E-state index is 12.7. The minimum atomic E-state index is -0.541. The van der Waals surface area contributed by atoms with E-state index < -0.39 is 5.91 Å². The fourth-order valence-electron chi connectivity index (χ4n) is 2.63. The molecular formula is C23H25N5O4S. The van der Waals surface area contributed by atoms with Gasteiger partial charge in [-0.05, 0) is 32.9 Å². The van der Waals surface area contributed by atoms with Crippen LogP contribution in [0.1, 0.15) is 20.8 Å². The molecule has 1 aromatic carbocycles. The van der Waals surface area contributed by atoms with Crippen LogP contribution in [0.4, 0.5) is 5.69 Å². The van der Waals surface area contributed by atoms with Crippen LogP contribution in [-0.4, -0.2) is 36.1 Å². The minimum Gasteiger partial charge on any atom is -0.484 e. The van der Waals surface area contributed by atoms with Gasteiger partial charge in [0, 0.05) is 37.6 Å². The fourth-order valence-corrected chi connectivity index (χ4v) is 3.61. The van der Waals surface area contributed by atoms with Crippen molar-refractivity contribution in [3.05, 3.63) is 55.6 Å². The first-order chi connectivity index (χ1) is 15.9. The Bertz CT molecular complexity index is 1310. The molecular weight excluding hydrogens is 442 g/mol. The molecule has 0 saturated carbocycles. The molecule has 0 spiro atoms. The number of benzene rings is 1. The molecule has 0 aliphatic carbocycles. The summed E-state index contributed by atoms with van der Waals surface area (Å²) < 4.78 is 7.54. The van der Waals surface area contributed by atoms with Gasteiger partial charge in [0.05, 0.1) is 0 Å². The SMILES string of the molecule is CCNC(=O)COc1cccc(NC=C=c2sc(=C=C(C#N)C(=O)NCC)n(CC)c2=O)c1. The second-order valence-corrected chi connectivity index (χ2v) is 7.46. The van der Waals surface area contributed by atoms with Crippen molar-refractivity contribution in [1.82, 2.24) is 15.2 Å². The predicted octanol–water partition coefficient (Wildman–Crippen LogP) is 0.415. The summed E-state index contributed by atoms with van der Waals surface area (Å²) in [4.78, 5) is 36.1. The van der Waals surface area contributed by atoms with E-state index in [0.717, 1.165) is 11.3 Å². The third-order valence-corrected chi connectivity index (χ3v) is 5.14. The highest BCUT2D eigenvalue weighted by Crippen LogP contribution is 2.17. The van der Waals surface area contributed by atoms with Gasteiger partial charge < -0.3 is 20.7 Å². The molecule has 0 radical (unpaired) electrons. The molecule has 2 rings (SSSR count). The van der Waals surface area contributed by atoms with E-state index in [1.807, 2.05) is 13.0 Å². The van der Waals surface area contributed by atoms with Crippen LogP contribution in [-0.2, 0) is 16.1 Å². The van der Waals surface area contributed by atoms with Crippen molar-refractivity contribution in [3.8, 4) is 11.8 Å². The van der Waals surface area contributed by atoms with Gasteiger partial charge in [0.15, 0.2) is 12.2 Å². The number of anilines is 1. The maximum Gasteiger partial charge on any atom is 0.277 e. The lowest BCUT2D eigenvalue weighted by molar-refractivity contribution is -0.123. The Morgan fingerprint density at radius 3 is 2.64 bits per heavy atom. The number of hydrogen-bond donors (Lipinski definition) is 3. The molecule has 0 unspecified atom stereocenters. The zero-order valence-corrected chi connectivity index (χ0v) is 19.5. The van der Waals surface area contributed by atoms with Crippen LogP contribution >= 0.6 is 11.3 Å². The molecule has 2 amide bonds. The number of thiazole rings is 1. The summed E-state index contributed by atoms with van der Waals surface area (Å²) in [6.07, 6.45) is 1.48. The van der Waals surface area contributed by atoms with Gasteiger partial charge in [-0.3, -0.25) is 19.0 Å². The van der Waals surface area contributed by atoms with Crippen molar-refractivity contribution in [2.75, 3.05) is 25.0 Å². The summed E-state index contributed by atoms with van der Waals surface area (Å²) in [5, 5.41) is 17.5. The third kappa shape index (κ3) is 7.27. The number of amides is 2. The number of nitrogens with one attached hydrogen (secondary N) is 3. The van der Waals surface area contributed by atoms with Gasteiger partial charge in [0.1, 0.15) is 21.0 Å². The van der Waals surface area contributed by atoms with Crippen LogP contribution < -0.4 is 35.4 Å². The van der Waals surface area contributed by atoms with Gasteiger partial charge in [0.25, 0.3) is 17.4 Å². The molecule has 0 saturated heterocycles. The van der Waals surface area contributed by atoms with Crippen molar-refractivity contribution >= 4 is 40.3 Å². The fraction of sp³-hybridized carbons (Fsp3) is 0.304. The second kappa shape index (κ2) is 12.7. The Hall–Kier alpha value is -4.02. The highest BCUT2D eigenvalue weighted by atomic mass is 32.1. The van der Waals surface area contributed by atoms with Gasteiger partial charge in [-0.25, -0.2) is 0 Å². The Balaban J connectivity index is 2.35. The summed E-state index contributed by atoms with van der Waals surface area (Å²) >= 11 is 1.08. The van der Waals surface area contributed by atoms with Crippen LogP contribution in [0.5, 0.6) is 5.75 Å². The van der Waals surface area contributed by atoms with Crippen LogP contribution in [0.3, 0.4) is 0 Å². The van der Waals surface area contributed by atoms with Gasteiger partial charge in [-0.2, -0.15) is 5.26 Å². The molecule has 0 aliphatic heterocycles. The third-order valence-electron chi connectivity index (χ3n) is 4.13. The zero-order chi connectivity index (χ0) is 24.2. The molecule has 1 heterocycles. The average Bonchev–Trinajstić information content (AvgIpc) is 3.10. The van der Waals surface area contributed by atoms with Crippen LogP contribution in [0.2, 0.25) is 0 Å². The molecule has 10 heteroatoms. The molecule has 9 nitrogen and oxygen atoms in total. The Kier molecular flexibility index (Phi) is 9.75. The van der Waals surface area contributed by atoms with Crippen molar-refractivity contribution in [2.45, 2.75) is 27.3 Å². The molecule has 0 fully saturated rings. The highest BCUT2D eigenvalue weighted by molar-refractivity contribution is 7.07. The van der Waals surface area contributed by atoms with E-state index in [0.29, 0.717) is 40.3 Å². The number of nitriles is 1. The van der Waals surface area contributed by atoms with Crippen LogP contribution in [0.15, 0.2) is 40.8 Å². The molecule has 0 aliphatic rings. The summed E-state index contributed by atoms with van der Waals surface area (Å²) in [5.74, 6) is -0.233. The first-order valence-corrected chi connectivity index (χ1v) is 11.1. The van der Waals surface area contributed by atoms with E-state index in [1.54, 1.807) is 38.1 Å². The maximum atomic E-state index is 12.7. The standard InChI is InChI=1S/C23H25N5O4S/c1-4-25-20(29)15-32-18-9-7-8-17(13-18)27-11-10-19-23(31)28(6-3)21(33-19)12-16(14-24)22(30)26-5-2/h7-9,11,13,27H,4-6,15H2,1-3H3,(H,25,29)(H,26,30). The molecule has 3 N–H and O–H groups in total. The molecule has 172 valence electrons. The molecule has 33 heavy (non-hydrogen) atoms. The number of aromatic nitrogens is 1. The van der Waals surface area contributed by atoms with Gasteiger partial charge >= 0.3 is 0 Å². The lowest BCUT2D eigenvalue weighted by Gasteiger charge is -2.07. The Morgan fingerprint density at radius 2 is 1.97 bits per heavy atom. The van der Waals surface area contributed by atoms with Crippen molar-refractivity contribution in [2.24, 2.45) is 0 Å². The number of carbonyl (C=O) groups excluding carboxylic acids is 2. The second-order valence-electron chi connectivity index (χ2n) is 6.46. The molecule has 2 aromatic rings. The highest BCUT2D eigenvalue weighted by Gasteiger charge is 2.08. The van der Waals surface area contributed by atoms with E-state index in [2.05, 4.69) is 27.4 Å². The smallest absolute Gasteiger partial charge is 0.277 e. The lowest BCUT2D eigenvalue weighted by Crippen LogP contribution is -2.30. The van der Waals surface area contributed by atoms with Crippen LogP contribution in [0.25, 0.3) is 11.5 Å². The molecule has 0 atom stereocenters.